The molecule has 0 saturated heterocycles. The highest BCUT2D eigenvalue weighted by atomic mass is 79.9. The van der Waals surface area contributed by atoms with Gasteiger partial charge in [-0.1, -0.05) is 37.0 Å². The zero-order valence-corrected chi connectivity index (χ0v) is 19.7. The molecule has 0 spiro atoms. The van der Waals surface area contributed by atoms with Gasteiger partial charge < -0.3 is 15.2 Å². The van der Waals surface area contributed by atoms with Crippen LogP contribution in [0.15, 0.2) is 33.6 Å². The van der Waals surface area contributed by atoms with E-state index >= 15 is 0 Å². The molecule has 0 aliphatic rings. The van der Waals surface area contributed by atoms with Gasteiger partial charge in [0.15, 0.2) is 11.5 Å². The van der Waals surface area contributed by atoms with Crippen molar-refractivity contribution in [2.75, 3.05) is 25.5 Å². The molecule has 2 N–H and O–H groups in total. The fraction of sp³-hybridized carbons (Fsp3) is 0.278. The molecule has 0 fully saturated rings. The molecule has 2 aromatic rings. The van der Waals surface area contributed by atoms with Crippen LogP contribution in [0.25, 0.3) is 0 Å². The number of ether oxygens (including phenoxy) is 1. The fourth-order valence-electron chi connectivity index (χ4n) is 2.62. The monoisotopic (exact) mass is 524 g/mol. The molecule has 2 rings (SSSR count). The zero-order valence-electron chi connectivity index (χ0n) is 15.8. The smallest absolute Gasteiger partial charge is 0.255 e. The van der Waals surface area contributed by atoms with Crippen molar-refractivity contribution in [1.29, 1.82) is 0 Å². The first kappa shape index (κ1) is 23.8. The lowest BCUT2D eigenvalue weighted by Gasteiger charge is -2.20. The molecule has 0 aliphatic heterocycles. The van der Waals surface area contributed by atoms with Gasteiger partial charge in [-0.15, -0.1) is 0 Å². The fourth-order valence-corrected chi connectivity index (χ4v) is 5.39. The van der Waals surface area contributed by atoms with Crippen LogP contribution in [0.1, 0.15) is 24.2 Å². The highest BCUT2D eigenvalue weighted by Gasteiger charge is 2.25. The minimum absolute atomic E-state index is 0.00838. The number of carbonyl (C=O) groups is 1. The van der Waals surface area contributed by atoms with Crippen LogP contribution in [-0.2, 0) is 10.0 Å². The Bertz CT molecular complexity index is 1020. The Hall–Kier alpha value is -1.52. The number of nitrogens with one attached hydrogen (secondary N) is 1. The number of aromatic hydroxyl groups is 1. The summed E-state index contributed by atoms with van der Waals surface area (Å²) in [6.45, 7) is 4.07. The summed E-state index contributed by atoms with van der Waals surface area (Å²) in [5.41, 5.74) is 0.214. The second-order valence-electron chi connectivity index (χ2n) is 5.82. The van der Waals surface area contributed by atoms with E-state index in [-0.39, 0.29) is 37.7 Å². The van der Waals surface area contributed by atoms with Crippen LogP contribution in [0.5, 0.6) is 11.5 Å². The van der Waals surface area contributed by atoms with Crippen molar-refractivity contribution in [2.24, 2.45) is 0 Å². The van der Waals surface area contributed by atoms with Gasteiger partial charge in [-0.3, -0.25) is 4.79 Å². The van der Waals surface area contributed by atoms with E-state index in [4.69, 9.17) is 27.9 Å². The average molecular weight is 526 g/mol. The molecular formula is C18H19BrCl2N2O5S. The summed E-state index contributed by atoms with van der Waals surface area (Å²) in [6.07, 6.45) is 0. The Balaban J connectivity index is 2.52. The minimum atomic E-state index is -3.77. The first-order valence-electron chi connectivity index (χ1n) is 8.43. The van der Waals surface area contributed by atoms with Crippen molar-refractivity contribution in [3.05, 3.63) is 44.3 Å². The van der Waals surface area contributed by atoms with Crippen molar-refractivity contribution in [2.45, 2.75) is 18.7 Å². The number of rotatable bonds is 7. The SMILES string of the molecule is CCN(CC)S(=O)(=O)c1cc(Br)c(OC)c(NC(=O)c2cc(Cl)c(O)c(Cl)c2)c1. The van der Waals surface area contributed by atoms with Gasteiger partial charge in [0, 0.05) is 18.7 Å². The van der Waals surface area contributed by atoms with Gasteiger partial charge in [0.1, 0.15) is 0 Å². The van der Waals surface area contributed by atoms with Gasteiger partial charge in [-0.2, -0.15) is 4.31 Å². The van der Waals surface area contributed by atoms with Crippen LogP contribution in [-0.4, -0.2) is 43.9 Å². The number of halogens is 3. The third-order valence-electron chi connectivity index (χ3n) is 4.09. The largest absolute Gasteiger partial charge is 0.505 e. The van der Waals surface area contributed by atoms with Crippen LogP contribution < -0.4 is 10.1 Å². The Morgan fingerprint density at radius 3 is 2.21 bits per heavy atom. The number of phenols is 1. The van der Waals surface area contributed by atoms with Crippen LogP contribution >= 0.6 is 39.1 Å². The molecule has 0 radical (unpaired) electrons. The number of anilines is 1. The lowest BCUT2D eigenvalue weighted by Crippen LogP contribution is -2.30. The summed E-state index contributed by atoms with van der Waals surface area (Å²) in [5.74, 6) is -0.707. The van der Waals surface area contributed by atoms with Crippen molar-refractivity contribution in [3.63, 3.8) is 0 Å². The summed E-state index contributed by atoms with van der Waals surface area (Å²) < 4.78 is 32.7. The van der Waals surface area contributed by atoms with Gasteiger partial charge in [-0.05, 0) is 40.2 Å². The molecule has 7 nitrogen and oxygen atoms in total. The quantitative estimate of drug-likeness (QED) is 0.543. The van der Waals surface area contributed by atoms with Crippen molar-refractivity contribution >= 4 is 60.7 Å². The Kier molecular flexibility index (Phi) is 7.80. The number of sulfonamides is 1. The standard InChI is InChI=1S/C18H19BrCl2N2O5S/c1-4-23(5-2)29(26,27)11-8-12(19)17(28-3)15(9-11)22-18(25)10-6-13(20)16(24)14(21)7-10/h6-9,24H,4-5H2,1-3H3,(H,22,25). The van der Waals surface area contributed by atoms with Crippen molar-refractivity contribution in [1.82, 2.24) is 4.31 Å². The van der Waals surface area contributed by atoms with E-state index in [1.165, 1.54) is 35.7 Å². The third kappa shape index (κ3) is 4.97. The number of phenolic OH excluding ortho intramolecular Hbond substituents is 1. The maximum absolute atomic E-state index is 12.9. The number of hydrogen-bond acceptors (Lipinski definition) is 5. The number of carbonyl (C=O) groups excluding carboxylic acids is 1. The molecule has 0 bridgehead atoms. The highest BCUT2D eigenvalue weighted by Crippen LogP contribution is 2.38. The number of benzene rings is 2. The summed E-state index contributed by atoms with van der Waals surface area (Å²) in [4.78, 5) is 12.7. The van der Waals surface area contributed by atoms with E-state index in [1.54, 1.807) is 13.8 Å². The average Bonchev–Trinajstić information content (AvgIpc) is 2.66. The number of hydrogen-bond donors (Lipinski definition) is 2. The van der Waals surface area contributed by atoms with Gasteiger partial charge in [-0.25, -0.2) is 8.42 Å². The topological polar surface area (TPSA) is 95.9 Å². The first-order valence-corrected chi connectivity index (χ1v) is 11.4. The molecule has 1 amide bonds. The second-order valence-corrected chi connectivity index (χ2v) is 9.42. The van der Waals surface area contributed by atoms with E-state index < -0.39 is 15.9 Å². The first-order chi connectivity index (χ1) is 13.6. The highest BCUT2D eigenvalue weighted by molar-refractivity contribution is 9.10. The van der Waals surface area contributed by atoms with Gasteiger partial charge in [0.2, 0.25) is 10.0 Å². The van der Waals surface area contributed by atoms with E-state index in [9.17, 15) is 18.3 Å². The summed E-state index contributed by atoms with van der Waals surface area (Å²) in [7, 11) is -2.38. The molecule has 0 aliphatic carbocycles. The van der Waals surface area contributed by atoms with Gasteiger partial charge in [0.05, 0.1) is 32.2 Å². The molecule has 0 heterocycles. The lowest BCUT2D eigenvalue weighted by atomic mass is 10.2. The van der Waals surface area contributed by atoms with E-state index in [0.717, 1.165) is 0 Å². The predicted molar refractivity (Wildman–Crippen MR) is 117 cm³/mol. The van der Waals surface area contributed by atoms with Crippen LogP contribution in [0.3, 0.4) is 0 Å². The molecule has 0 saturated carbocycles. The Morgan fingerprint density at radius 1 is 1.17 bits per heavy atom. The maximum Gasteiger partial charge on any atom is 0.255 e. The normalized spacial score (nSPS) is 11.6. The van der Waals surface area contributed by atoms with E-state index in [1.807, 2.05) is 0 Å². The molecule has 2 aromatic carbocycles. The van der Waals surface area contributed by atoms with E-state index in [0.29, 0.717) is 17.6 Å². The molecule has 0 aromatic heterocycles. The van der Waals surface area contributed by atoms with Gasteiger partial charge in [0.25, 0.3) is 5.91 Å². The molecule has 29 heavy (non-hydrogen) atoms. The summed E-state index contributed by atoms with van der Waals surface area (Å²) in [6, 6.07) is 5.22. The van der Waals surface area contributed by atoms with Crippen LogP contribution in [0.2, 0.25) is 10.0 Å². The van der Waals surface area contributed by atoms with Gasteiger partial charge >= 0.3 is 0 Å². The Morgan fingerprint density at radius 2 is 1.72 bits per heavy atom. The molecule has 0 unspecified atom stereocenters. The van der Waals surface area contributed by atoms with Crippen molar-refractivity contribution < 1.29 is 23.1 Å². The zero-order chi connectivity index (χ0) is 21.9. The molecule has 158 valence electrons. The molecule has 0 atom stereocenters. The van der Waals surface area contributed by atoms with Crippen LogP contribution in [0.4, 0.5) is 5.69 Å². The molecular weight excluding hydrogens is 507 g/mol. The van der Waals surface area contributed by atoms with Crippen LogP contribution in [0, 0.1) is 0 Å². The number of methoxy groups -OCH3 is 1. The number of amides is 1. The molecule has 11 heteroatoms. The van der Waals surface area contributed by atoms with Crippen molar-refractivity contribution in [3.8, 4) is 11.5 Å². The minimum Gasteiger partial charge on any atom is -0.505 e. The summed E-state index contributed by atoms with van der Waals surface area (Å²) >= 11 is 15.0. The Labute approximate surface area is 187 Å². The summed E-state index contributed by atoms with van der Waals surface area (Å²) in [5, 5.41) is 12.1. The van der Waals surface area contributed by atoms with E-state index in [2.05, 4.69) is 21.2 Å². The lowest BCUT2D eigenvalue weighted by molar-refractivity contribution is 0.102. The number of nitrogens with zero attached hydrogens (tertiary/aromatic N) is 1. The predicted octanol–water partition coefficient (Wildman–Crippen LogP) is 4.75. The second kappa shape index (κ2) is 9.53. The maximum atomic E-state index is 12.9. The third-order valence-corrected chi connectivity index (χ3v) is 7.28.